The number of nitrogens with zero attached hydrogens (tertiary/aromatic N) is 3. The summed E-state index contributed by atoms with van der Waals surface area (Å²) in [6.45, 7) is 0.787. The molecule has 0 aliphatic carbocycles. The predicted octanol–water partition coefficient (Wildman–Crippen LogP) is 2.88. The molecule has 30 heavy (non-hydrogen) atoms. The maximum atomic E-state index is 12.8. The van der Waals surface area contributed by atoms with E-state index in [1.807, 2.05) is 0 Å². The van der Waals surface area contributed by atoms with Crippen LogP contribution in [0.5, 0.6) is 11.5 Å². The molecule has 0 bridgehead atoms. The number of carbonyl (C=O) groups excluding carboxylic acids is 2. The van der Waals surface area contributed by atoms with Gasteiger partial charge in [0.1, 0.15) is 11.4 Å². The molecule has 2 aliphatic heterocycles. The fourth-order valence-electron chi connectivity index (χ4n) is 3.13. The van der Waals surface area contributed by atoms with E-state index in [0.29, 0.717) is 31.1 Å². The number of benzene rings is 2. The van der Waals surface area contributed by atoms with Gasteiger partial charge in [-0.25, -0.2) is 5.01 Å². The normalized spacial score (nSPS) is 15.8. The summed E-state index contributed by atoms with van der Waals surface area (Å²) in [7, 11) is 0. The number of fused-ring (bicyclic) bond motifs is 1. The Labute approximate surface area is 171 Å². The van der Waals surface area contributed by atoms with Crippen LogP contribution in [0.15, 0.2) is 47.6 Å². The van der Waals surface area contributed by atoms with Gasteiger partial charge in [-0.3, -0.25) is 19.7 Å². The van der Waals surface area contributed by atoms with Gasteiger partial charge >= 0.3 is 0 Å². The molecular formula is C20H18N4O6. The summed E-state index contributed by atoms with van der Waals surface area (Å²) in [5.41, 5.74) is 0.286. The molecule has 0 unspecified atom stereocenters. The van der Waals surface area contributed by atoms with Gasteiger partial charge in [-0.15, -0.1) is 0 Å². The minimum Gasteiger partial charge on any atom is -0.489 e. The quantitative estimate of drug-likeness (QED) is 0.611. The van der Waals surface area contributed by atoms with E-state index in [-0.39, 0.29) is 41.6 Å². The highest BCUT2D eigenvalue weighted by Gasteiger charge is 2.28. The molecule has 0 spiro atoms. The number of rotatable bonds is 4. The standard InChI is InChI=1S/C20H18N4O6/c25-19-8-7-14(22-23(19)13-5-2-1-3-6-13)20(26)21-15-11-17-18(12-16(15)24(27)28)30-10-4-9-29-17/h1-3,5-6,11-12H,4,7-10H2,(H,21,26). The van der Waals surface area contributed by atoms with Crippen LogP contribution in [-0.2, 0) is 9.59 Å². The maximum absolute atomic E-state index is 12.8. The Hall–Kier alpha value is -3.95. The lowest BCUT2D eigenvalue weighted by atomic mass is 10.1. The van der Waals surface area contributed by atoms with E-state index in [4.69, 9.17) is 9.47 Å². The number of nitro benzene ring substituents is 1. The predicted molar refractivity (Wildman–Crippen MR) is 108 cm³/mol. The second-order valence-corrected chi connectivity index (χ2v) is 6.67. The van der Waals surface area contributed by atoms with Gasteiger partial charge in [0.15, 0.2) is 11.5 Å². The van der Waals surface area contributed by atoms with Crippen LogP contribution in [0, 0.1) is 10.1 Å². The van der Waals surface area contributed by atoms with Crippen LogP contribution in [0.3, 0.4) is 0 Å². The lowest BCUT2D eigenvalue weighted by molar-refractivity contribution is -0.384. The lowest BCUT2D eigenvalue weighted by Gasteiger charge is -2.23. The number of hydrogen-bond acceptors (Lipinski definition) is 7. The fourth-order valence-corrected chi connectivity index (χ4v) is 3.13. The van der Waals surface area contributed by atoms with Gasteiger partial charge in [-0.05, 0) is 12.1 Å². The minimum atomic E-state index is -0.624. The van der Waals surface area contributed by atoms with Crippen molar-refractivity contribution < 1.29 is 24.0 Å². The van der Waals surface area contributed by atoms with E-state index in [1.54, 1.807) is 30.3 Å². The van der Waals surface area contributed by atoms with Crippen molar-refractivity contribution in [1.29, 1.82) is 0 Å². The Kier molecular flexibility index (Phi) is 5.29. The van der Waals surface area contributed by atoms with Crippen LogP contribution >= 0.6 is 0 Å². The molecule has 0 atom stereocenters. The SMILES string of the molecule is O=C(Nc1cc2c(cc1[N+](=O)[O-])OCCCO2)C1=NN(c2ccccc2)C(=O)CC1. The van der Waals surface area contributed by atoms with Gasteiger partial charge in [0.2, 0.25) is 5.91 Å². The van der Waals surface area contributed by atoms with Crippen molar-refractivity contribution in [3.8, 4) is 11.5 Å². The Balaban J connectivity index is 1.62. The van der Waals surface area contributed by atoms with Crippen molar-refractivity contribution in [1.82, 2.24) is 0 Å². The average molecular weight is 410 g/mol. The molecule has 0 saturated carbocycles. The minimum absolute atomic E-state index is 0.0277. The number of anilines is 2. The topological polar surface area (TPSA) is 123 Å². The monoisotopic (exact) mass is 410 g/mol. The van der Waals surface area contributed by atoms with Crippen LogP contribution in [0.25, 0.3) is 0 Å². The van der Waals surface area contributed by atoms with Gasteiger partial charge in [0, 0.05) is 25.3 Å². The number of hydrazone groups is 1. The molecule has 2 aromatic carbocycles. The fraction of sp³-hybridized carbons (Fsp3) is 0.250. The van der Waals surface area contributed by atoms with Crippen molar-refractivity contribution in [2.75, 3.05) is 23.5 Å². The van der Waals surface area contributed by atoms with Crippen LogP contribution in [0.2, 0.25) is 0 Å². The molecule has 0 aromatic heterocycles. The van der Waals surface area contributed by atoms with Gasteiger partial charge in [-0.2, -0.15) is 5.10 Å². The van der Waals surface area contributed by atoms with Gasteiger partial charge < -0.3 is 14.8 Å². The third-order valence-electron chi connectivity index (χ3n) is 4.61. The third-order valence-corrected chi connectivity index (χ3v) is 4.61. The highest BCUT2D eigenvalue weighted by molar-refractivity contribution is 6.44. The molecule has 4 rings (SSSR count). The summed E-state index contributed by atoms with van der Waals surface area (Å²) < 4.78 is 11.0. The molecule has 0 fully saturated rings. The molecule has 1 N–H and O–H groups in total. The van der Waals surface area contributed by atoms with Crippen LogP contribution in [0.1, 0.15) is 19.3 Å². The summed E-state index contributed by atoms with van der Waals surface area (Å²) in [6, 6.07) is 11.3. The van der Waals surface area contributed by atoms with E-state index >= 15 is 0 Å². The van der Waals surface area contributed by atoms with Crippen LogP contribution in [-0.4, -0.2) is 35.7 Å². The first kappa shape index (κ1) is 19.4. The Morgan fingerprint density at radius 1 is 1.10 bits per heavy atom. The lowest BCUT2D eigenvalue weighted by Crippen LogP contribution is -2.36. The van der Waals surface area contributed by atoms with Crippen LogP contribution < -0.4 is 19.8 Å². The number of nitrogens with one attached hydrogen (secondary N) is 1. The summed E-state index contributed by atoms with van der Waals surface area (Å²) in [5.74, 6) is -0.284. The summed E-state index contributed by atoms with van der Waals surface area (Å²) in [4.78, 5) is 35.9. The summed E-state index contributed by atoms with van der Waals surface area (Å²) in [5, 5.41) is 19.4. The number of carbonyl (C=O) groups is 2. The molecule has 10 nitrogen and oxygen atoms in total. The van der Waals surface area contributed by atoms with Crippen molar-refractivity contribution in [2.45, 2.75) is 19.3 Å². The molecule has 2 amide bonds. The maximum Gasteiger partial charge on any atom is 0.296 e. The second kappa shape index (κ2) is 8.19. The Bertz CT molecular complexity index is 1040. The van der Waals surface area contributed by atoms with E-state index in [1.165, 1.54) is 17.1 Å². The molecule has 10 heteroatoms. The summed E-state index contributed by atoms with van der Waals surface area (Å²) in [6.07, 6.45) is 0.876. The second-order valence-electron chi connectivity index (χ2n) is 6.67. The number of ether oxygens (including phenoxy) is 2. The third kappa shape index (κ3) is 3.93. The van der Waals surface area contributed by atoms with E-state index in [2.05, 4.69) is 10.4 Å². The first-order valence-corrected chi connectivity index (χ1v) is 9.38. The average Bonchev–Trinajstić information content (AvgIpc) is 2.98. The van der Waals surface area contributed by atoms with Crippen molar-refractivity contribution >= 4 is 34.6 Å². The molecule has 2 aromatic rings. The molecule has 0 radical (unpaired) electrons. The number of nitro groups is 1. The molecule has 154 valence electrons. The summed E-state index contributed by atoms with van der Waals surface area (Å²) >= 11 is 0. The smallest absolute Gasteiger partial charge is 0.296 e. The van der Waals surface area contributed by atoms with Crippen molar-refractivity contribution in [3.05, 3.63) is 52.6 Å². The van der Waals surface area contributed by atoms with Crippen molar-refractivity contribution in [2.24, 2.45) is 5.10 Å². The number of para-hydroxylation sites is 1. The molecule has 0 saturated heterocycles. The molecular weight excluding hydrogens is 392 g/mol. The number of amides is 2. The largest absolute Gasteiger partial charge is 0.489 e. The zero-order chi connectivity index (χ0) is 21.1. The van der Waals surface area contributed by atoms with Gasteiger partial charge in [-0.1, -0.05) is 18.2 Å². The zero-order valence-electron chi connectivity index (χ0n) is 15.9. The van der Waals surface area contributed by atoms with Crippen molar-refractivity contribution in [3.63, 3.8) is 0 Å². The number of hydrogen-bond donors (Lipinski definition) is 1. The first-order valence-electron chi connectivity index (χ1n) is 9.38. The zero-order valence-corrected chi connectivity index (χ0v) is 15.9. The Morgan fingerprint density at radius 2 is 1.80 bits per heavy atom. The first-order chi connectivity index (χ1) is 14.5. The molecule has 2 heterocycles. The van der Waals surface area contributed by atoms with E-state index < -0.39 is 10.8 Å². The van der Waals surface area contributed by atoms with Gasteiger partial charge in [0.25, 0.3) is 11.6 Å². The highest BCUT2D eigenvalue weighted by Crippen LogP contribution is 2.39. The Morgan fingerprint density at radius 3 is 2.50 bits per heavy atom. The van der Waals surface area contributed by atoms with Gasteiger partial charge in [0.05, 0.1) is 29.9 Å². The van der Waals surface area contributed by atoms with E-state index in [9.17, 15) is 19.7 Å². The molecule has 2 aliphatic rings. The highest BCUT2D eigenvalue weighted by atomic mass is 16.6. The van der Waals surface area contributed by atoms with Crippen LogP contribution in [0.4, 0.5) is 17.1 Å². The van der Waals surface area contributed by atoms with E-state index in [0.717, 1.165) is 0 Å².